The minimum absolute atomic E-state index is 0.264. The fraction of sp³-hybridized carbons (Fsp3) is 0.545. The van der Waals surface area contributed by atoms with Gasteiger partial charge in [0.2, 0.25) is 5.95 Å². The van der Waals surface area contributed by atoms with Gasteiger partial charge in [0.25, 0.3) is 5.56 Å². The number of anilines is 1. The summed E-state index contributed by atoms with van der Waals surface area (Å²) in [5.41, 5.74) is 5.85. The predicted molar refractivity (Wildman–Crippen MR) is 69.6 cm³/mol. The Morgan fingerprint density at radius 3 is 2.44 bits per heavy atom. The third kappa shape index (κ3) is 1.54. The number of fused-ring (bicyclic) bond motifs is 1. The third-order valence-electron chi connectivity index (χ3n) is 3.02. The van der Waals surface area contributed by atoms with Crippen molar-refractivity contribution in [1.29, 1.82) is 0 Å². The van der Waals surface area contributed by atoms with Crippen molar-refractivity contribution in [3.05, 3.63) is 20.8 Å². The molecule has 0 unspecified atom stereocenters. The average Bonchev–Trinajstić information content (AvgIpc) is 2.68. The highest BCUT2D eigenvalue weighted by atomic mass is 16.2. The highest BCUT2D eigenvalue weighted by Crippen LogP contribution is 2.12. The van der Waals surface area contributed by atoms with E-state index in [0.717, 1.165) is 11.0 Å². The molecule has 7 heteroatoms. The Kier molecular flexibility index (Phi) is 2.98. The first-order chi connectivity index (χ1) is 8.52. The van der Waals surface area contributed by atoms with Crippen molar-refractivity contribution < 1.29 is 0 Å². The Balaban J connectivity index is 3.02. The molecule has 0 amide bonds. The second-order valence-electron chi connectivity index (χ2n) is 4.18. The summed E-state index contributed by atoms with van der Waals surface area (Å²) in [5.74, 6) is 0.264. The van der Waals surface area contributed by atoms with Crippen LogP contribution in [0.1, 0.15) is 20.3 Å². The fourth-order valence-corrected chi connectivity index (χ4v) is 2.12. The number of hydrogen-bond acceptors (Lipinski definition) is 4. The summed E-state index contributed by atoms with van der Waals surface area (Å²) in [6, 6.07) is 0. The van der Waals surface area contributed by atoms with Crippen LogP contribution in [0.4, 0.5) is 5.95 Å². The molecular weight excluding hydrogens is 234 g/mol. The Hall–Kier alpha value is -2.05. The van der Waals surface area contributed by atoms with Crippen LogP contribution in [0.3, 0.4) is 0 Å². The van der Waals surface area contributed by atoms with Crippen LogP contribution < -0.4 is 17.0 Å². The number of nitrogens with zero attached hydrogens (tertiary/aromatic N) is 4. The molecule has 18 heavy (non-hydrogen) atoms. The van der Waals surface area contributed by atoms with E-state index in [9.17, 15) is 9.59 Å². The van der Waals surface area contributed by atoms with Gasteiger partial charge in [-0.1, -0.05) is 6.92 Å². The normalized spacial score (nSPS) is 11.3. The predicted octanol–water partition coefficient (Wildman–Crippen LogP) is -0.0912. The monoisotopic (exact) mass is 251 g/mol. The Labute approximate surface area is 103 Å². The van der Waals surface area contributed by atoms with Crippen molar-refractivity contribution in [1.82, 2.24) is 18.7 Å². The van der Waals surface area contributed by atoms with Crippen LogP contribution >= 0.6 is 0 Å². The van der Waals surface area contributed by atoms with Gasteiger partial charge in [-0.2, -0.15) is 4.98 Å². The second kappa shape index (κ2) is 4.32. The number of hydrogen-bond donors (Lipinski definition) is 1. The molecule has 0 spiro atoms. The minimum Gasteiger partial charge on any atom is -0.369 e. The SMILES string of the molecule is CCCn1c(=O)n(C)c(=O)c2c1nc(N)n2CC. The topological polar surface area (TPSA) is 87.8 Å². The van der Waals surface area contributed by atoms with Crippen LogP contribution in [0.2, 0.25) is 0 Å². The van der Waals surface area contributed by atoms with Crippen molar-refractivity contribution >= 4 is 17.1 Å². The third-order valence-corrected chi connectivity index (χ3v) is 3.02. The van der Waals surface area contributed by atoms with Crippen LogP contribution in [-0.2, 0) is 20.1 Å². The van der Waals surface area contributed by atoms with E-state index in [1.807, 2.05) is 13.8 Å². The molecule has 2 aromatic rings. The first-order valence-electron chi connectivity index (χ1n) is 5.98. The summed E-state index contributed by atoms with van der Waals surface area (Å²) in [5, 5.41) is 0. The van der Waals surface area contributed by atoms with Gasteiger partial charge in [-0.05, 0) is 13.3 Å². The zero-order chi connectivity index (χ0) is 13.4. The highest BCUT2D eigenvalue weighted by Gasteiger charge is 2.17. The van der Waals surface area contributed by atoms with Gasteiger partial charge in [-0.15, -0.1) is 0 Å². The Morgan fingerprint density at radius 1 is 1.22 bits per heavy atom. The van der Waals surface area contributed by atoms with Crippen LogP contribution in [-0.4, -0.2) is 18.7 Å². The maximum atomic E-state index is 12.1. The Morgan fingerprint density at radius 2 is 1.89 bits per heavy atom. The fourth-order valence-electron chi connectivity index (χ4n) is 2.12. The maximum absolute atomic E-state index is 12.1. The number of rotatable bonds is 3. The zero-order valence-electron chi connectivity index (χ0n) is 10.8. The number of aryl methyl sites for hydroxylation is 2. The van der Waals surface area contributed by atoms with E-state index in [2.05, 4.69) is 4.98 Å². The van der Waals surface area contributed by atoms with Gasteiger partial charge in [-0.3, -0.25) is 13.9 Å². The van der Waals surface area contributed by atoms with Crippen molar-refractivity contribution in [2.45, 2.75) is 33.4 Å². The summed E-state index contributed by atoms with van der Waals surface area (Å²) < 4.78 is 4.23. The van der Waals surface area contributed by atoms with Gasteiger partial charge in [0.1, 0.15) is 0 Å². The Bertz CT molecular complexity index is 707. The van der Waals surface area contributed by atoms with E-state index in [0.29, 0.717) is 24.3 Å². The molecule has 0 aliphatic heterocycles. The summed E-state index contributed by atoms with van der Waals surface area (Å²) in [7, 11) is 1.47. The lowest BCUT2D eigenvalue weighted by atomic mass is 10.4. The molecular formula is C11H17N5O2. The van der Waals surface area contributed by atoms with Gasteiger partial charge in [0.15, 0.2) is 11.2 Å². The van der Waals surface area contributed by atoms with Crippen molar-refractivity contribution in [2.75, 3.05) is 5.73 Å². The van der Waals surface area contributed by atoms with Crippen molar-refractivity contribution in [2.24, 2.45) is 7.05 Å². The summed E-state index contributed by atoms with van der Waals surface area (Å²) in [6.07, 6.45) is 0.784. The first kappa shape index (κ1) is 12.4. The molecule has 0 bridgehead atoms. The molecule has 7 nitrogen and oxygen atoms in total. The van der Waals surface area contributed by atoms with E-state index in [1.165, 1.54) is 11.6 Å². The second-order valence-corrected chi connectivity index (χ2v) is 4.18. The minimum atomic E-state index is -0.353. The van der Waals surface area contributed by atoms with E-state index < -0.39 is 0 Å². The maximum Gasteiger partial charge on any atom is 0.332 e. The first-order valence-corrected chi connectivity index (χ1v) is 5.98. The smallest absolute Gasteiger partial charge is 0.332 e. The standard InChI is InChI=1S/C11H17N5O2/c1-4-6-16-8-7(9(17)14(3)11(16)18)15(5-2)10(12)13-8/h4-6H2,1-3H3,(H2,12,13). The quantitative estimate of drug-likeness (QED) is 0.825. The van der Waals surface area contributed by atoms with Gasteiger partial charge in [0.05, 0.1) is 0 Å². The lowest BCUT2D eigenvalue weighted by molar-refractivity contribution is 0.609. The molecule has 0 saturated heterocycles. The number of aromatic nitrogens is 4. The summed E-state index contributed by atoms with van der Waals surface area (Å²) in [6.45, 7) is 4.90. The number of imidazole rings is 1. The molecule has 2 heterocycles. The average molecular weight is 251 g/mol. The van der Waals surface area contributed by atoms with Crippen LogP contribution in [0.15, 0.2) is 9.59 Å². The molecule has 98 valence electrons. The van der Waals surface area contributed by atoms with Gasteiger partial charge >= 0.3 is 5.69 Å². The molecule has 0 radical (unpaired) electrons. The molecule has 0 fully saturated rings. The zero-order valence-corrected chi connectivity index (χ0v) is 10.8. The molecule has 2 aromatic heterocycles. The van der Waals surface area contributed by atoms with Crippen LogP contribution in [0, 0.1) is 0 Å². The molecule has 0 saturated carbocycles. The summed E-state index contributed by atoms with van der Waals surface area (Å²) in [4.78, 5) is 28.3. The lowest BCUT2D eigenvalue weighted by Gasteiger charge is -2.08. The van der Waals surface area contributed by atoms with Gasteiger partial charge in [0, 0.05) is 20.1 Å². The van der Waals surface area contributed by atoms with E-state index >= 15 is 0 Å². The van der Waals surface area contributed by atoms with E-state index in [-0.39, 0.29) is 17.2 Å². The van der Waals surface area contributed by atoms with Gasteiger partial charge < -0.3 is 10.3 Å². The van der Waals surface area contributed by atoms with Crippen molar-refractivity contribution in [3.63, 3.8) is 0 Å². The lowest BCUT2D eigenvalue weighted by Crippen LogP contribution is -2.38. The molecule has 2 rings (SSSR count). The molecule has 0 aromatic carbocycles. The van der Waals surface area contributed by atoms with Gasteiger partial charge in [-0.25, -0.2) is 4.79 Å². The molecule has 0 atom stereocenters. The van der Waals surface area contributed by atoms with Crippen molar-refractivity contribution in [3.8, 4) is 0 Å². The summed E-state index contributed by atoms with van der Waals surface area (Å²) >= 11 is 0. The van der Waals surface area contributed by atoms with E-state index in [4.69, 9.17) is 5.73 Å². The molecule has 0 aliphatic rings. The number of nitrogen functional groups attached to an aromatic ring is 1. The van der Waals surface area contributed by atoms with Crippen LogP contribution in [0.25, 0.3) is 11.2 Å². The number of nitrogens with two attached hydrogens (primary N) is 1. The highest BCUT2D eigenvalue weighted by molar-refractivity contribution is 5.73. The molecule has 2 N–H and O–H groups in total. The van der Waals surface area contributed by atoms with E-state index in [1.54, 1.807) is 4.57 Å². The largest absolute Gasteiger partial charge is 0.369 e. The molecule has 0 aliphatic carbocycles. The van der Waals surface area contributed by atoms with Crippen LogP contribution in [0.5, 0.6) is 0 Å².